The number of hydrogen-bond donors (Lipinski definition) is 1. The van der Waals surface area contributed by atoms with Gasteiger partial charge in [-0.2, -0.15) is 5.10 Å². The molecule has 7 heteroatoms. The molecule has 1 aromatic heterocycles. The number of halogens is 2. The first kappa shape index (κ1) is 15.7. The lowest BCUT2D eigenvalue weighted by molar-refractivity contribution is -0.123. The summed E-state index contributed by atoms with van der Waals surface area (Å²) < 4.78 is 7.15. The van der Waals surface area contributed by atoms with Gasteiger partial charge in [0.25, 0.3) is 5.91 Å². The van der Waals surface area contributed by atoms with Crippen LogP contribution < -0.4 is 10.1 Å². The van der Waals surface area contributed by atoms with Gasteiger partial charge in [-0.25, -0.2) is 0 Å². The minimum Gasteiger partial charge on any atom is -0.482 e. The first-order chi connectivity index (χ1) is 10.1. The van der Waals surface area contributed by atoms with Crippen LogP contribution in [0.3, 0.4) is 0 Å². The largest absolute Gasteiger partial charge is 0.482 e. The van der Waals surface area contributed by atoms with Crippen molar-refractivity contribution in [2.45, 2.75) is 13.0 Å². The molecule has 1 amide bonds. The standard InChI is InChI=1S/C14H15Cl2N3O2/c15-11-3-4-13(12(16)9-11)21-10-14(20)17-5-1-7-19-8-2-6-18-19/h2-4,6,8-9H,1,5,7,10H2,(H,17,20). The zero-order chi connectivity index (χ0) is 15.1. The molecular formula is C14H15Cl2N3O2. The van der Waals surface area contributed by atoms with Crippen molar-refractivity contribution in [3.8, 4) is 5.75 Å². The Balaban J connectivity index is 1.65. The number of benzene rings is 1. The Kier molecular flexibility index (Phi) is 5.90. The fourth-order valence-electron chi connectivity index (χ4n) is 1.69. The molecule has 0 spiro atoms. The molecule has 0 unspecified atom stereocenters. The van der Waals surface area contributed by atoms with Crippen molar-refractivity contribution < 1.29 is 9.53 Å². The summed E-state index contributed by atoms with van der Waals surface area (Å²) in [5.74, 6) is 0.245. The van der Waals surface area contributed by atoms with E-state index in [1.807, 2.05) is 16.9 Å². The Morgan fingerprint density at radius 3 is 2.95 bits per heavy atom. The molecule has 0 aliphatic heterocycles. The lowest BCUT2D eigenvalue weighted by Gasteiger charge is -2.09. The summed E-state index contributed by atoms with van der Waals surface area (Å²) in [7, 11) is 0. The molecule has 2 rings (SSSR count). The quantitative estimate of drug-likeness (QED) is 0.795. The molecule has 0 aliphatic rings. The number of carbonyl (C=O) groups is 1. The smallest absolute Gasteiger partial charge is 0.257 e. The van der Waals surface area contributed by atoms with Crippen LogP contribution in [0.15, 0.2) is 36.7 Å². The fourth-order valence-corrected chi connectivity index (χ4v) is 2.15. The molecule has 0 saturated heterocycles. The van der Waals surface area contributed by atoms with E-state index < -0.39 is 0 Å². The van der Waals surface area contributed by atoms with Crippen molar-refractivity contribution in [3.05, 3.63) is 46.7 Å². The second-order valence-electron chi connectivity index (χ2n) is 4.34. The van der Waals surface area contributed by atoms with Gasteiger partial charge in [-0.3, -0.25) is 9.48 Å². The van der Waals surface area contributed by atoms with E-state index in [0.717, 1.165) is 13.0 Å². The van der Waals surface area contributed by atoms with Crippen molar-refractivity contribution in [2.75, 3.05) is 13.2 Å². The molecule has 0 fully saturated rings. The summed E-state index contributed by atoms with van der Waals surface area (Å²) in [5, 5.41) is 7.76. The lowest BCUT2D eigenvalue weighted by atomic mass is 10.3. The SMILES string of the molecule is O=C(COc1ccc(Cl)cc1Cl)NCCCn1cccn1. The highest BCUT2D eigenvalue weighted by molar-refractivity contribution is 6.35. The van der Waals surface area contributed by atoms with Crippen LogP contribution in [0, 0.1) is 0 Å². The molecule has 0 saturated carbocycles. The van der Waals surface area contributed by atoms with Crippen molar-refractivity contribution >= 4 is 29.1 Å². The number of nitrogens with zero attached hydrogens (tertiary/aromatic N) is 2. The van der Waals surface area contributed by atoms with Gasteiger partial charge in [-0.1, -0.05) is 23.2 Å². The van der Waals surface area contributed by atoms with E-state index in [4.69, 9.17) is 27.9 Å². The summed E-state index contributed by atoms with van der Waals surface area (Å²) in [6, 6.07) is 6.73. The van der Waals surface area contributed by atoms with Gasteiger partial charge in [0.2, 0.25) is 0 Å². The molecule has 5 nitrogen and oxygen atoms in total. The first-order valence-corrected chi connectivity index (χ1v) is 7.23. The fraction of sp³-hybridized carbons (Fsp3) is 0.286. The minimum atomic E-state index is -0.193. The summed E-state index contributed by atoms with van der Waals surface area (Å²) in [4.78, 5) is 11.6. The summed E-state index contributed by atoms with van der Waals surface area (Å²) in [6.45, 7) is 1.25. The molecular weight excluding hydrogens is 313 g/mol. The van der Waals surface area contributed by atoms with Crippen LogP contribution in [0.5, 0.6) is 5.75 Å². The number of aryl methyl sites for hydroxylation is 1. The molecule has 21 heavy (non-hydrogen) atoms. The third-order valence-corrected chi connectivity index (χ3v) is 3.23. The number of rotatable bonds is 7. The predicted molar refractivity (Wildman–Crippen MR) is 81.8 cm³/mol. The monoisotopic (exact) mass is 327 g/mol. The van der Waals surface area contributed by atoms with Gasteiger partial charge >= 0.3 is 0 Å². The van der Waals surface area contributed by atoms with Crippen molar-refractivity contribution in [1.29, 1.82) is 0 Å². The van der Waals surface area contributed by atoms with E-state index in [1.54, 1.807) is 24.4 Å². The van der Waals surface area contributed by atoms with Gasteiger partial charge in [0.05, 0.1) is 5.02 Å². The highest BCUT2D eigenvalue weighted by Gasteiger charge is 2.06. The van der Waals surface area contributed by atoms with Crippen LogP contribution in [-0.2, 0) is 11.3 Å². The first-order valence-electron chi connectivity index (χ1n) is 6.47. The number of ether oxygens (including phenoxy) is 1. The second-order valence-corrected chi connectivity index (χ2v) is 5.18. The van der Waals surface area contributed by atoms with E-state index in [2.05, 4.69) is 10.4 Å². The maximum absolute atomic E-state index is 11.6. The average molecular weight is 328 g/mol. The van der Waals surface area contributed by atoms with Crippen LogP contribution in [0.2, 0.25) is 10.0 Å². The van der Waals surface area contributed by atoms with E-state index in [-0.39, 0.29) is 12.5 Å². The van der Waals surface area contributed by atoms with Gasteiger partial charge in [-0.15, -0.1) is 0 Å². The molecule has 0 atom stereocenters. The number of nitrogens with one attached hydrogen (secondary N) is 1. The molecule has 0 aliphatic carbocycles. The highest BCUT2D eigenvalue weighted by atomic mass is 35.5. The molecule has 0 radical (unpaired) electrons. The van der Waals surface area contributed by atoms with E-state index in [9.17, 15) is 4.79 Å². The van der Waals surface area contributed by atoms with Crippen molar-refractivity contribution in [2.24, 2.45) is 0 Å². The molecule has 1 N–H and O–H groups in total. The van der Waals surface area contributed by atoms with Gasteiger partial charge in [0.15, 0.2) is 6.61 Å². The molecule has 1 heterocycles. The van der Waals surface area contributed by atoms with Crippen LogP contribution in [0.25, 0.3) is 0 Å². The zero-order valence-corrected chi connectivity index (χ0v) is 12.8. The van der Waals surface area contributed by atoms with Gasteiger partial charge in [0.1, 0.15) is 5.75 Å². The Hall–Kier alpha value is -1.72. The molecule has 0 bridgehead atoms. The third kappa shape index (κ3) is 5.28. The summed E-state index contributed by atoms with van der Waals surface area (Å²) in [5.41, 5.74) is 0. The van der Waals surface area contributed by atoms with E-state index in [0.29, 0.717) is 22.3 Å². The topological polar surface area (TPSA) is 56.1 Å². The molecule has 2 aromatic rings. The maximum Gasteiger partial charge on any atom is 0.257 e. The Morgan fingerprint density at radius 1 is 1.38 bits per heavy atom. The normalized spacial score (nSPS) is 10.4. The highest BCUT2D eigenvalue weighted by Crippen LogP contribution is 2.27. The number of carbonyl (C=O) groups excluding carboxylic acids is 1. The van der Waals surface area contributed by atoms with Crippen LogP contribution in [0.1, 0.15) is 6.42 Å². The van der Waals surface area contributed by atoms with Gasteiger partial charge < -0.3 is 10.1 Å². The van der Waals surface area contributed by atoms with Crippen LogP contribution in [0.4, 0.5) is 0 Å². The number of aromatic nitrogens is 2. The minimum absolute atomic E-state index is 0.0802. The van der Waals surface area contributed by atoms with Crippen molar-refractivity contribution in [3.63, 3.8) is 0 Å². The van der Waals surface area contributed by atoms with Gasteiger partial charge in [-0.05, 0) is 30.7 Å². The number of hydrogen-bond acceptors (Lipinski definition) is 3. The van der Waals surface area contributed by atoms with Crippen LogP contribution in [-0.4, -0.2) is 28.8 Å². The van der Waals surface area contributed by atoms with E-state index >= 15 is 0 Å². The Labute approximate surface area is 132 Å². The Bertz CT molecular complexity index is 588. The van der Waals surface area contributed by atoms with Crippen molar-refractivity contribution in [1.82, 2.24) is 15.1 Å². The summed E-state index contributed by atoms with van der Waals surface area (Å²) in [6.07, 6.45) is 4.41. The zero-order valence-electron chi connectivity index (χ0n) is 11.3. The summed E-state index contributed by atoms with van der Waals surface area (Å²) >= 11 is 11.7. The molecule has 1 aromatic carbocycles. The second kappa shape index (κ2) is 7.90. The van der Waals surface area contributed by atoms with Gasteiger partial charge in [0, 0.05) is 30.5 Å². The Morgan fingerprint density at radius 2 is 2.24 bits per heavy atom. The lowest BCUT2D eigenvalue weighted by Crippen LogP contribution is -2.30. The van der Waals surface area contributed by atoms with Crippen LogP contribution >= 0.6 is 23.2 Å². The van der Waals surface area contributed by atoms with E-state index in [1.165, 1.54) is 0 Å². The predicted octanol–water partition coefficient (Wildman–Crippen LogP) is 2.78. The third-order valence-electron chi connectivity index (χ3n) is 2.70. The average Bonchev–Trinajstić information content (AvgIpc) is 2.96. The maximum atomic E-state index is 11.6. The molecule has 112 valence electrons. The number of amides is 1.